The fourth-order valence-corrected chi connectivity index (χ4v) is 2.51. The summed E-state index contributed by atoms with van der Waals surface area (Å²) >= 11 is 1.49. The van der Waals surface area contributed by atoms with Crippen molar-refractivity contribution in [2.75, 3.05) is 12.0 Å². The maximum atomic E-state index is 12.6. The highest BCUT2D eigenvalue weighted by Gasteiger charge is 2.28. The summed E-state index contributed by atoms with van der Waals surface area (Å²) in [5, 5.41) is 14.2. The van der Waals surface area contributed by atoms with Gasteiger partial charge in [-0.1, -0.05) is 0 Å². The topological polar surface area (TPSA) is 133 Å². The zero-order valence-corrected chi connectivity index (χ0v) is 16.2. The van der Waals surface area contributed by atoms with Crippen LogP contribution in [0.1, 0.15) is 32.9 Å². The van der Waals surface area contributed by atoms with Crippen LogP contribution in [0.5, 0.6) is 0 Å². The first-order chi connectivity index (χ1) is 12.1. The van der Waals surface area contributed by atoms with Gasteiger partial charge in [0.2, 0.25) is 5.91 Å². The van der Waals surface area contributed by atoms with E-state index in [2.05, 4.69) is 20.6 Å². The van der Waals surface area contributed by atoms with Gasteiger partial charge in [0, 0.05) is 18.3 Å². The molecular formula is C16H26N4O5S. The van der Waals surface area contributed by atoms with E-state index in [0.717, 1.165) is 0 Å². The number of nitrogens with zero attached hydrogens (tertiary/aromatic N) is 1. The van der Waals surface area contributed by atoms with Gasteiger partial charge in [-0.05, 0) is 39.2 Å². The quantitative estimate of drug-likeness (QED) is 0.500. The number of carbonyl (C=O) groups excluding carboxylic acids is 2. The number of aliphatic carboxylic acids is 1. The summed E-state index contributed by atoms with van der Waals surface area (Å²) in [4.78, 5) is 42.7. The molecule has 4 N–H and O–H groups in total. The molecule has 0 aliphatic carbocycles. The summed E-state index contributed by atoms with van der Waals surface area (Å²) in [5.74, 6) is -1.13. The van der Waals surface area contributed by atoms with E-state index in [1.165, 1.54) is 24.3 Å². The Morgan fingerprint density at radius 1 is 1.31 bits per heavy atom. The predicted molar refractivity (Wildman–Crippen MR) is 98.0 cm³/mol. The van der Waals surface area contributed by atoms with E-state index in [0.29, 0.717) is 11.4 Å². The molecule has 2 atom stereocenters. The molecule has 2 amide bonds. The number of nitrogens with one attached hydrogen (secondary N) is 3. The standard InChI is InChI=1S/C16H26N4O5S/c1-16(2,3)25-15(24)20-12(7-10-8-17-9-18-10)13(21)19-11(14(22)23)5-6-26-4/h8-9,11-12H,5-7H2,1-4H3,(H,17,18)(H,19,21)(H,20,24)(H,22,23)/t11-,12-/m0/s1. The van der Waals surface area contributed by atoms with Gasteiger partial charge in [-0.15, -0.1) is 0 Å². The number of amides is 2. The van der Waals surface area contributed by atoms with Crippen LogP contribution in [0.15, 0.2) is 12.5 Å². The molecule has 1 aromatic heterocycles. The summed E-state index contributed by atoms with van der Waals surface area (Å²) in [7, 11) is 0. The molecule has 9 nitrogen and oxygen atoms in total. The molecular weight excluding hydrogens is 360 g/mol. The minimum Gasteiger partial charge on any atom is -0.480 e. The van der Waals surface area contributed by atoms with Crippen LogP contribution in [-0.2, 0) is 20.7 Å². The third-order valence-electron chi connectivity index (χ3n) is 3.21. The van der Waals surface area contributed by atoms with E-state index in [1.54, 1.807) is 20.8 Å². The number of hydrogen-bond donors (Lipinski definition) is 4. The monoisotopic (exact) mass is 386 g/mol. The van der Waals surface area contributed by atoms with E-state index in [-0.39, 0.29) is 12.8 Å². The van der Waals surface area contributed by atoms with Crippen LogP contribution in [0.25, 0.3) is 0 Å². The van der Waals surface area contributed by atoms with Gasteiger partial charge in [-0.2, -0.15) is 11.8 Å². The number of alkyl carbamates (subject to hydrolysis) is 1. The number of aromatic amines is 1. The lowest BCUT2D eigenvalue weighted by molar-refractivity contribution is -0.142. The fourth-order valence-electron chi connectivity index (χ4n) is 2.04. The number of carboxylic acid groups (broad SMARTS) is 1. The first-order valence-corrected chi connectivity index (χ1v) is 9.50. The Labute approximate surface area is 156 Å². The third-order valence-corrected chi connectivity index (χ3v) is 3.86. The summed E-state index contributed by atoms with van der Waals surface area (Å²) in [6.45, 7) is 5.12. The number of carboxylic acids is 1. The molecule has 26 heavy (non-hydrogen) atoms. The van der Waals surface area contributed by atoms with Gasteiger partial charge in [-0.3, -0.25) is 4.79 Å². The SMILES string of the molecule is CSCC[C@H](NC(=O)[C@H](Cc1cnc[nH]1)NC(=O)OC(C)(C)C)C(=O)O. The van der Waals surface area contributed by atoms with Crippen molar-refractivity contribution in [1.82, 2.24) is 20.6 Å². The van der Waals surface area contributed by atoms with Crippen LogP contribution in [0.4, 0.5) is 4.79 Å². The average Bonchev–Trinajstić information content (AvgIpc) is 3.01. The number of thioether (sulfide) groups is 1. The fraction of sp³-hybridized carbons (Fsp3) is 0.625. The van der Waals surface area contributed by atoms with Gasteiger partial charge in [0.05, 0.1) is 6.33 Å². The highest BCUT2D eigenvalue weighted by atomic mass is 32.2. The van der Waals surface area contributed by atoms with Crippen LogP contribution in [0.2, 0.25) is 0 Å². The van der Waals surface area contributed by atoms with Gasteiger partial charge in [-0.25, -0.2) is 14.6 Å². The highest BCUT2D eigenvalue weighted by Crippen LogP contribution is 2.08. The van der Waals surface area contributed by atoms with Crippen molar-refractivity contribution in [2.24, 2.45) is 0 Å². The molecule has 0 saturated heterocycles. The lowest BCUT2D eigenvalue weighted by atomic mass is 10.1. The number of ether oxygens (including phenoxy) is 1. The molecule has 146 valence electrons. The number of imidazole rings is 1. The first-order valence-electron chi connectivity index (χ1n) is 8.11. The van der Waals surface area contributed by atoms with Crippen molar-refractivity contribution >= 4 is 29.7 Å². The molecule has 0 aromatic carbocycles. The van der Waals surface area contributed by atoms with Crippen molar-refractivity contribution < 1.29 is 24.2 Å². The molecule has 0 aliphatic heterocycles. The molecule has 0 unspecified atom stereocenters. The predicted octanol–water partition coefficient (Wildman–Crippen LogP) is 1.17. The second kappa shape index (κ2) is 10.0. The molecule has 1 rings (SSSR count). The molecule has 0 fully saturated rings. The molecule has 1 aromatic rings. The van der Waals surface area contributed by atoms with Gasteiger partial charge in [0.1, 0.15) is 17.7 Å². The Morgan fingerprint density at radius 2 is 2.00 bits per heavy atom. The lowest BCUT2D eigenvalue weighted by Gasteiger charge is -2.24. The molecule has 1 heterocycles. The normalized spacial score (nSPS) is 13.5. The van der Waals surface area contributed by atoms with Crippen molar-refractivity contribution in [1.29, 1.82) is 0 Å². The Bertz CT molecular complexity index is 600. The van der Waals surface area contributed by atoms with Crippen LogP contribution in [0, 0.1) is 0 Å². The maximum absolute atomic E-state index is 12.6. The summed E-state index contributed by atoms with van der Waals surface area (Å²) in [6.07, 6.45) is 4.49. The summed E-state index contributed by atoms with van der Waals surface area (Å²) in [6, 6.07) is -2.03. The largest absolute Gasteiger partial charge is 0.480 e. The van der Waals surface area contributed by atoms with Crippen LogP contribution in [0.3, 0.4) is 0 Å². The number of rotatable bonds is 9. The minimum atomic E-state index is -1.12. The van der Waals surface area contributed by atoms with Gasteiger partial charge >= 0.3 is 12.1 Å². The van der Waals surface area contributed by atoms with E-state index in [4.69, 9.17) is 4.74 Å². The van der Waals surface area contributed by atoms with Crippen molar-refractivity contribution in [3.8, 4) is 0 Å². The van der Waals surface area contributed by atoms with Crippen LogP contribution in [-0.4, -0.2) is 62.7 Å². The number of carbonyl (C=O) groups is 3. The van der Waals surface area contributed by atoms with Crippen molar-refractivity contribution in [3.63, 3.8) is 0 Å². The van der Waals surface area contributed by atoms with Crippen molar-refractivity contribution in [2.45, 2.75) is 51.3 Å². The van der Waals surface area contributed by atoms with Gasteiger partial charge in [0.25, 0.3) is 0 Å². The van der Waals surface area contributed by atoms with Crippen LogP contribution < -0.4 is 10.6 Å². The lowest BCUT2D eigenvalue weighted by Crippen LogP contribution is -2.53. The summed E-state index contributed by atoms with van der Waals surface area (Å²) in [5.41, 5.74) is -0.0988. The van der Waals surface area contributed by atoms with E-state index in [9.17, 15) is 19.5 Å². The Morgan fingerprint density at radius 3 is 2.50 bits per heavy atom. The zero-order chi connectivity index (χ0) is 19.7. The first kappa shape index (κ1) is 21.8. The Kier molecular flexibility index (Phi) is 8.43. The van der Waals surface area contributed by atoms with Crippen LogP contribution >= 0.6 is 11.8 Å². The average molecular weight is 386 g/mol. The third kappa shape index (κ3) is 8.24. The maximum Gasteiger partial charge on any atom is 0.408 e. The number of hydrogen-bond acceptors (Lipinski definition) is 6. The molecule has 0 spiro atoms. The highest BCUT2D eigenvalue weighted by molar-refractivity contribution is 7.98. The number of H-pyrrole nitrogens is 1. The Hall–Kier alpha value is -2.23. The van der Waals surface area contributed by atoms with E-state index >= 15 is 0 Å². The van der Waals surface area contributed by atoms with Gasteiger partial charge in [0.15, 0.2) is 0 Å². The molecule has 10 heteroatoms. The minimum absolute atomic E-state index is 0.125. The smallest absolute Gasteiger partial charge is 0.408 e. The zero-order valence-electron chi connectivity index (χ0n) is 15.4. The second-order valence-electron chi connectivity index (χ2n) is 6.66. The van der Waals surface area contributed by atoms with E-state index < -0.39 is 35.7 Å². The van der Waals surface area contributed by atoms with Crippen molar-refractivity contribution in [3.05, 3.63) is 18.2 Å². The second-order valence-corrected chi connectivity index (χ2v) is 7.65. The molecule has 0 bridgehead atoms. The molecule has 0 aliphatic rings. The van der Waals surface area contributed by atoms with E-state index in [1.807, 2.05) is 6.26 Å². The molecule has 0 radical (unpaired) electrons. The Balaban J connectivity index is 2.83. The summed E-state index contributed by atoms with van der Waals surface area (Å²) < 4.78 is 5.18. The van der Waals surface area contributed by atoms with Gasteiger partial charge < -0.3 is 25.5 Å². The molecule has 0 saturated carbocycles. The number of aromatic nitrogens is 2.